The van der Waals surface area contributed by atoms with Crippen LogP contribution in [0.15, 0.2) is 29.1 Å². The number of rotatable bonds is 6. The highest BCUT2D eigenvalue weighted by atomic mass is 31.2. The second-order valence-corrected chi connectivity index (χ2v) is 14.2. The molecule has 4 fully saturated rings. The Labute approximate surface area is 219 Å². The molecule has 2 aliphatic carbocycles. The smallest absolute Gasteiger partial charge is 0.327 e. The zero-order valence-corrected chi connectivity index (χ0v) is 22.7. The number of fused-ring (bicyclic) bond motifs is 5. The molecule has 3 N–H and O–H groups in total. The fourth-order valence-electron chi connectivity index (χ4n) is 8.54. The van der Waals surface area contributed by atoms with Gasteiger partial charge in [-0.25, -0.2) is 4.98 Å². The maximum atomic E-state index is 13.7. The van der Waals surface area contributed by atoms with E-state index in [1.165, 1.54) is 51.4 Å². The predicted molar refractivity (Wildman–Crippen MR) is 146 cm³/mol. The van der Waals surface area contributed by atoms with Crippen molar-refractivity contribution in [2.45, 2.75) is 95.3 Å². The number of nitrogens with one attached hydrogen (secondary N) is 1. The lowest BCUT2D eigenvalue weighted by molar-refractivity contribution is -0.0524. The molecule has 0 amide bonds. The lowest BCUT2D eigenvalue weighted by atomic mass is 9.65. The molecule has 2 aliphatic heterocycles. The highest BCUT2D eigenvalue weighted by Gasteiger charge is 2.46. The van der Waals surface area contributed by atoms with Crippen LogP contribution in [0, 0.1) is 17.8 Å². The van der Waals surface area contributed by atoms with Gasteiger partial charge in [-0.1, -0.05) is 25.5 Å². The van der Waals surface area contributed by atoms with Gasteiger partial charge in [0.25, 0.3) is 5.56 Å². The molecule has 0 radical (unpaired) electrons. The first-order valence-corrected chi connectivity index (χ1v) is 16.1. The van der Waals surface area contributed by atoms with E-state index in [1.54, 1.807) is 0 Å². The lowest BCUT2D eigenvalue weighted by Crippen LogP contribution is -2.58. The van der Waals surface area contributed by atoms with E-state index in [-0.39, 0.29) is 30.1 Å². The van der Waals surface area contributed by atoms with Gasteiger partial charge in [0.05, 0.1) is 17.2 Å². The highest BCUT2D eigenvalue weighted by Crippen LogP contribution is 2.48. The predicted octanol–water partition coefficient (Wildman–Crippen LogP) is 4.76. The molecule has 4 aliphatic rings. The third-order valence-corrected chi connectivity index (χ3v) is 10.4. The Morgan fingerprint density at radius 3 is 2.30 bits per heavy atom. The van der Waals surface area contributed by atoms with Gasteiger partial charge in [-0.05, 0) is 87.7 Å². The summed E-state index contributed by atoms with van der Waals surface area (Å²) in [5, 5.41) is 2.93. The number of piperidine rings is 2. The molecule has 9 heteroatoms. The lowest BCUT2D eigenvalue weighted by Gasteiger charge is -2.55. The van der Waals surface area contributed by atoms with E-state index >= 15 is 0 Å². The van der Waals surface area contributed by atoms with E-state index in [4.69, 9.17) is 0 Å². The van der Waals surface area contributed by atoms with Crippen LogP contribution in [0.5, 0.6) is 0 Å². The van der Waals surface area contributed by atoms with Gasteiger partial charge in [0.1, 0.15) is 0 Å². The molecule has 0 spiro atoms. The van der Waals surface area contributed by atoms with Crippen molar-refractivity contribution in [3.05, 3.63) is 34.6 Å². The van der Waals surface area contributed by atoms with Crippen LogP contribution < -0.4 is 10.9 Å². The van der Waals surface area contributed by atoms with Crippen LogP contribution in [0.1, 0.15) is 77.2 Å². The molecule has 37 heavy (non-hydrogen) atoms. The SMILES string of the molecule is C[C@@H]1C[C@@H]2C[C@H](C1)C[C@@H](N1[C@@H]3CCC[C@H]1C[C@@H](n1c(=O)c(NCCP(=O)(O)O)nc4ccccc41)C3)C2. The molecule has 202 valence electrons. The van der Waals surface area contributed by atoms with Crippen LogP contribution in [-0.2, 0) is 4.57 Å². The summed E-state index contributed by atoms with van der Waals surface area (Å²) in [6, 6.07) is 9.61. The Balaban J connectivity index is 1.28. The van der Waals surface area contributed by atoms with Crippen molar-refractivity contribution in [3.63, 3.8) is 0 Å². The van der Waals surface area contributed by atoms with Crippen LogP contribution in [0.25, 0.3) is 11.0 Å². The van der Waals surface area contributed by atoms with Crippen LogP contribution in [0.2, 0.25) is 0 Å². The molecule has 7 atom stereocenters. The summed E-state index contributed by atoms with van der Waals surface area (Å²) in [5.41, 5.74) is 1.41. The molecule has 0 unspecified atom stereocenters. The van der Waals surface area contributed by atoms with E-state index in [0.717, 1.165) is 41.6 Å². The molecule has 2 saturated carbocycles. The molecule has 2 saturated heterocycles. The maximum Gasteiger partial charge on any atom is 0.327 e. The van der Waals surface area contributed by atoms with Crippen molar-refractivity contribution in [2.75, 3.05) is 18.0 Å². The van der Waals surface area contributed by atoms with Crippen LogP contribution in [0.3, 0.4) is 0 Å². The quantitative estimate of drug-likeness (QED) is 0.464. The van der Waals surface area contributed by atoms with E-state index in [2.05, 4.69) is 22.1 Å². The first kappa shape index (κ1) is 25.5. The van der Waals surface area contributed by atoms with Crippen molar-refractivity contribution in [1.29, 1.82) is 0 Å². The van der Waals surface area contributed by atoms with Gasteiger partial charge < -0.3 is 19.7 Å². The summed E-state index contributed by atoms with van der Waals surface area (Å²) in [7, 11) is -4.15. The molecule has 4 bridgehead atoms. The summed E-state index contributed by atoms with van der Waals surface area (Å²) < 4.78 is 13.3. The number of hydrogen-bond donors (Lipinski definition) is 3. The van der Waals surface area contributed by atoms with E-state index in [9.17, 15) is 19.1 Å². The average Bonchev–Trinajstić information content (AvgIpc) is 2.82. The fourth-order valence-corrected chi connectivity index (χ4v) is 8.94. The molecular formula is C28H41N4O4P. The Morgan fingerprint density at radius 1 is 0.946 bits per heavy atom. The number of aromatic nitrogens is 2. The normalized spacial score (nSPS) is 34.4. The van der Waals surface area contributed by atoms with Gasteiger partial charge in [-0.3, -0.25) is 14.3 Å². The first-order valence-electron chi connectivity index (χ1n) is 14.3. The van der Waals surface area contributed by atoms with Gasteiger partial charge in [0.15, 0.2) is 5.82 Å². The number of nitrogens with zero attached hydrogens (tertiary/aromatic N) is 3. The largest absolute Gasteiger partial charge is 0.365 e. The minimum atomic E-state index is -4.15. The molecule has 1 aromatic heterocycles. The van der Waals surface area contributed by atoms with Gasteiger partial charge in [-0.2, -0.15) is 0 Å². The summed E-state index contributed by atoms with van der Waals surface area (Å²) in [6.07, 6.45) is 12.3. The molecular weight excluding hydrogens is 487 g/mol. The third kappa shape index (κ3) is 5.27. The summed E-state index contributed by atoms with van der Waals surface area (Å²) in [5.74, 6) is 2.85. The zero-order chi connectivity index (χ0) is 25.7. The van der Waals surface area contributed by atoms with Crippen molar-refractivity contribution in [3.8, 4) is 0 Å². The molecule has 2 aromatic rings. The molecule has 1 aromatic carbocycles. The number of benzene rings is 1. The van der Waals surface area contributed by atoms with Gasteiger partial charge in [-0.15, -0.1) is 0 Å². The van der Waals surface area contributed by atoms with E-state index in [0.29, 0.717) is 18.1 Å². The maximum absolute atomic E-state index is 13.7. The zero-order valence-electron chi connectivity index (χ0n) is 21.8. The average molecular weight is 529 g/mol. The van der Waals surface area contributed by atoms with Crippen molar-refractivity contribution in [2.24, 2.45) is 17.8 Å². The second kappa shape index (κ2) is 10.1. The van der Waals surface area contributed by atoms with Crippen LogP contribution in [0.4, 0.5) is 5.82 Å². The fraction of sp³-hybridized carbons (Fsp3) is 0.714. The van der Waals surface area contributed by atoms with Gasteiger partial charge in [0, 0.05) is 30.7 Å². The van der Waals surface area contributed by atoms with Crippen molar-refractivity contribution in [1.82, 2.24) is 14.5 Å². The topological polar surface area (TPSA) is 108 Å². The Hall–Kier alpha value is -1.73. The monoisotopic (exact) mass is 528 g/mol. The Kier molecular flexibility index (Phi) is 6.98. The molecule has 8 nitrogen and oxygen atoms in total. The Bertz CT molecular complexity index is 1210. The highest BCUT2D eigenvalue weighted by molar-refractivity contribution is 7.51. The third-order valence-electron chi connectivity index (χ3n) is 9.63. The van der Waals surface area contributed by atoms with Crippen molar-refractivity contribution < 1.29 is 14.4 Å². The van der Waals surface area contributed by atoms with Crippen LogP contribution in [-0.4, -0.2) is 55.1 Å². The van der Waals surface area contributed by atoms with Crippen molar-refractivity contribution >= 4 is 24.4 Å². The second-order valence-electron chi connectivity index (χ2n) is 12.4. The summed E-state index contributed by atoms with van der Waals surface area (Å²) in [4.78, 5) is 39.7. The van der Waals surface area contributed by atoms with E-state index in [1.807, 2.05) is 28.8 Å². The van der Waals surface area contributed by atoms with Gasteiger partial charge in [0.2, 0.25) is 0 Å². The number of anilines is 1. The first-order chi connectivity index (χ1) is 17.7. The summed E-state index contributed by atoms with van der Waals surface area (Å²) >= 11 is 0. The minimum absolute atomic E-state index is 0.0111. The van der Waals surface area contributed by atoms with Crippen LogP contribution >= 0.6 is 7.60 Å². The summed E-state index contributed by atoms with van der Waals surface area (Å²) in [6.45, 7) is 2.45. The van der Waals surface area contributed by atoms with E-state index < -0.39 is 7.60 Å². The minimum Gasteiger partial charge on any atom is -0.365 e. The molecule has 6 rings (SSSR count). The Morgan fingerprint density at radius 2 is 1.62 bits per heavy atom. The van der Waals surface area contributed by atoms with Gasteiger partial charge >= 0.3 is 7.60 Å². The number of hydrogen-bond acceptors (Lipinski definition) is 5. The standard InChI is InChI=1S/C28H41N4O4P/c1-18-11-19-13-20(12-18)15-23(14-19)31-21-5-4-6-22(31)17-24(16-21)32-26-8-3-2-7-25(26)30-27(28(32)33)29-9-10-37(34,35)36/h2-3,7-8,18-24H,4-6,9-17H2,1H3,(H,29,30)(H2,34,35,36)/t18-,19-,20+,21-,22+,23+,24+. The molecule has 3 heterocycles. The number of para-hydroxylation sites is 2.